The molecule has 2 N–H and O–H groups in total. The summed E-state index contributed by atoms with van der Waals surface area (Å²) in [6, 6.07) is 6.55. The maximum Gasteiger partial charge on any atom is 0.419 e. The third-order valence-corrected chi connectivity index (χ3v) is 4.89. The number of esters is 1. The highest BCUT2D eigenvalue weighted by molar-refractivity contribution is 5.95. The zero-order chi connectivity index (χ0) is 20.6. The van der Waals surface area contributed by atoms with E-state index in [9.17, 15) is 19.2 Å². The van der Waals surface area contributed by atoms with Gasteiger partial charge in [0.1, 0.15) is 0 Å². The molecule has 0 aliphatic heterocycles. The van der Waals surface area contributed by atoms with E-state index in [1.807, 2.05) is 0 Å². The van der Waals surface area contributed by atoms with Crippen LogP contribution >= 0.6 is 0 Å². The lowest BCUT2D eigenvalue weighted by molar-refractivity contribution is -0.148. The van der Waals surface area contributed by atoms with E-state index >= 15 is 0 Å². The molecule has 2 aromatic rings. The summed E-state index contributed by atoms with van der Waals surface area (Å²) in [6.07, 6.45) is 5.51. The van der Waals surface area contributed by atoms with Crippen LogP contribution in [0.4, 0.5) is 4.79 Å². The zero-order valence-electron chi connectivity index (χ0n) is 16.1. The number of imide groups is 1. The van der Waals surface area contributed by atoms with Crippen molar-refractivity contribution in [3.8, 4) is 0 Å². The lowest BCUT2D eigenvalue weighted by Crippen LogP contribution is -2.46. The number of nitrogens with zero attached hydrogens (tertiary/aromatic N) is 1. The van der Waals surface area contributed by atoms with Crippen LogP contribution in [-0.2, 0) is 20.9 Å². The highest BCUT2D eigenvalue weighted by Gasteiger charge is 2.17. The van der Waals surface area contributed by atoms with E-state index in [-0.39, 0.29) is 12.5 Å². The third kappa shape index (κ3) is 5.94. The number of oxazole rings is 1. The predicted octanol–water partition coefficient (Wildman–Crippen LogP) is 2.08. The number of benzene rings is 1. The van der Waals surface area contributed by atoms with E-state index in [1.165, 1.54) is 11.0 Å². The number of rotatable bonds is 7. The Balaban J connectivity index is 1.35. The average Bonchev–Trinajstić information content (AvgIpc) is 3.02. The van der Waals surface area contributed by atoms with Crippen LogP contribution in [0.1, 0.15) is 44.9 Å². The van der Waals surface area contributed by atoms with Crippen molar-refractivity contribution in [2.45, 2.75) is 57.5 Å². The average molecular weight is 403 g/mol. The molecule has 0 atom stereocenters. The molecule has 0 bridgehead atoms. The highest BCUT2D eigenvalue weighted by atomic mass is 16.5. The van der Waals surface area contributed by atoms with Gasteiger partial charge in [0.2, 0.25) is 0 Å². The van der Waals surface area contributed by atoms with Crippen LogP contribution in [0, 0.1) is 0 Å². The fourth-order valence-electron chi connectivity index (χ4n) is 3.46. The van der Waals surface area contributed by atoms with Crippen molar-refractivity contribution < 1.29 is 23.5 Å². The van der Waals surface area contributed by atoms with Crippen molar-refractivity contribution in [3.05, 3.63) is 34.8 Å². The first-order chi connectivity index (χ1) is 14.0. The molecule has 1 aliphatic carbocycles. The van der Waals surface area contributed by atoms with Gasteiger partial charge in [-0.2, -0.15) is 0 Å². The zero-order valence-corrected chi connectivity index (χ0v) is 16.1. The van der Waals surface area contributed by atoms with Crippen molar-refractivity contribution >= 4 is 29.0 Å². The molecule has 156 valence electrons. The number of carbonyl (C=O) groups excluding carboxylic acids is 3. The van der Waals surface area contributed by atoms with E-state index in [4.69, 9.17) is 9.15 Å². The van der Waals surface area contributed by atoms with Gasteiger partial charge in [-0.3, -0.25) is 19.5 Å². The Morgan fingerprint density at radius 1 is 1.14 bits per heavy atom. The molecule has 1 heterocycles. The Morgan fingerprint density at radius 3 is 2.69 bits per heavy atom. The second kappa shape index (κ2) is 9.90. The van der Waals surface area contributed by atoms with Crippen molar-refractivity contribution in [2.75, 3.05) is 6.61 Å². The molecule has 9 heteroatoms. The Labute approximate surface area is 167 Å². The molecule has 3 amide bonds. The molecule has 1 saturated carbocycles. The number of fused-ring (bicyclic) bond motifs is 1. The number of aromatic nitrogens is 1. The molecule has 0 saturated heterocycles. The Kier molecular flexibility index (Phi) is 7.04. The molecular formula is C20H25N3O6. The molecule has 0 radical (unpaired) electrons. The van der Waals surface area contributed by atoms with E-state index < -0.39 is 30.3 Å². The van der Waals surface area contributed by atoms with Crippen LogP contribution in [0.5, 0.6) is 0 Å². The van der Waals surface area contributed by atoms with Crippen LogP contribution in [0.15, 0.2) is 33.5 Å². The van der Waals surface area contributed by atoms with Crippen LogP contribution in [0.25, 0.3) is 11.1 Å². The summed E-state index contributed by atoms with van der Waals surface area (Å²) in [5.74, 6) is -1.74. The number of amides is 3. The quantitative estimate of drug-likeness (QED) is 0.683. The van der Waals surface area contributed by atoms with E-state index in [0.29, 0.717) is 24.1 Å². The number of aryl methyl sites for hydroxylation is 1. The SMILES string of the molecule is O=C(COC(=O)CCCn1c(=O)oc2ccccc21)NC(=O)NC1CCCCC1. The standard InChI is InChI=1S/C20H25N3O6/c24-17(22-19(26)21-14-7-2-1-3-8-14)13-28-18(25)11-6-12-23-15-9-4-5-10-16(15)29-20(23)27/h4-5,9-10,14H,1-3,6-8,11-13H2,(H2,21,22,24,26). The van der Waals surface area contributed by atoms with Crippen molar-refractivity contribution in [1.29, 1.82) is 0 Å². The first-order valence-electron chi connectivity index (χ1n) is 9.87. The van der Waals surface area contributed by atoms with Gasteiger partial charge in [-0.25, -0.2) is 9.59 Å². The summed E-state index contributed by atoms with van der Waals surface area (Å²) in [5, 5.41) is 4.92. The minimum absolute atomic E-state index is 0.0352. The van der Waals surface area contributed by atoms with Crippen LogP contribution in [-0.4, -0.2) is 35.1 Å². The van der Waals surface area contributed by atoms with Crippen LogP contribution in [0.2, 0.25) is 0 Å². The summed E-state index contributed by atoms with van der Waals surface area (Å²) in [6.45, 7) is -0.230. The topological polar surface area (TPSA) is 120 Å². The molecule has 29 heavy (non-hydrogen) atoms. The predicted molar refractivity (Wildman–Crippen MR) is 104 cm³/mol. The van der Waals surface area contributed by atoms with Gasteiger partial charge in [-0.1, -0.05) is 31.4 Å². The fourth-order valence-corrected chi connectivity index (χ4v) is 3.46. The third-order valence-electron chi connectivity index (χ3n) is 4.89. The monoisotopic (exact) mass is 403 g/mol. The van der Waals surface area contributed by atoms with Crippen molar-refractivity contribution in [3.63, 3.8) is 0 Å². The summed E-state index contributed by atoms with van der Waals surface area (Å²) < 4.78 is 11.5. The molecule has 9 nitrogen and oxygen atoms in total. The first-order valence-corrected chi connectivity index (χ1v) is 9.87. The fraction of sp³-hybridized carbons (Fsp3) is 0.500. The molecule has 3 rings (SSSR count). The van der Waals surface area contributed by atoms with Crippen LogP contribution < -0.4 is 16.4 Å². The van der Waals surface area contributed by atoms with E-state index in [2.05, 4.69) is 10.6 Å². The molecule has 1 fully saturated rings. The van der Waals surface area contributed by atoms with Gasteiger partial charge in [-0.05, 0) is 31.4 Å². The molecule has 1 aliphatic rings. The van der Waals surface area contributed by atoms with E-state index in [1.54, 1.807) is 24.3 Å². The maximum absolute atomic E-state index is 11.9. The molecular weight excluding hydrogens is 378 g/mol. The summed E-state index contributed by atoms with van der Waals surface area (Å²) in [7, 11) is 0. The van der Waals surface area contributed by atoms with Gasteiger partial charge in [0.15, 0.2) is 12.2 Å². The van der Waals surface area contributed by atoms with Gasteiger partial charge in [0.05, 0.1) is 5.52 Å². The molecule has 0 spiro atoms. The lowest BCUT2D eigenvalue weighted by Gasteiger charge is -2.22. The number of urea groups is 1. The minimum Gasteiger partial charge on any atom is -0.456 e. The van der Waals surface area contributed by atoms with Gasteiger partial charge in [0, 0.05) is 19.0 Å². The van der Waals surface area contributed by atoms with E-state index in [0.717, 1.165) is 25.7 Å². The number of nitrogens with one attached hydrogen (secondary N) is 2. The summed E-state index contributed by atoms with van der Waals surface area (Å²) in [5.41, 5.74) is 1.15. The Morgan fingerprint density at radius 2 is 1.90 bits per heavy atom. The number of para-hydroxylation sites is 2. The largest absolute Gasteiger partial charge is 0.456 e. The normalized spacial score (nSPS) is 14.5. The second-order valence-corrected chi connectivity index (χ2v) is 7.11. The van der Waals surface area contributed by atoms with Crippen LogP contribution in [0.3, 0.4) is 0 Å². The molecule has 1 aromatic heterocycles. The number of carbonyl (C=O) groups is 3. The molecule has 0 unspecified atom stereocenters. The number of ether oxygens (including phenoxy) is 1. The van der Waals surface area contributed by atoms with Gasteiger partial charge >= 0.3 is 17.8 Å². The minimum atomic E-state index is -0.677. The maximum atomic E-state index is 11.9. The Bertz CT molecular complexity index is 926. The first kappa shape index (κ1) is 20.6. The molecule has 1 aromatic carbocycles. The van der Waals surface area contributed by atoms with Crippen molar-refractivity contribution in [1.82, 2.24) is 15.2 Å². The van der Waals surface area contributed by atoms with Gasteiger partial charge < -0.3 is 14.5 Å². The smallest absolute Gasteiger partial charge is 0.419 e. The highest BCUT2D eigenvalue weighted by Crippen LogP contribution is 2.17. The summed E-state index contributed by atoms with van der Waals surface area (Å²) >= 11 is 0. The second-order valence-electron chi connectivity index (χ2n) is 7.11. The lowest BCUT2D eigenvalue weighted by atomic mass is 9.96. The Hall–Kier alpha value is -3.10. The number of hydrogen-bond donors (Lipinski definition) is 2. The summed E-state index contributed by atoms with van der Waals surface area (Å²) in [4.78, 5) is 47.2. The van der Waals surface area contributed by atoms with Crippen molar-refractivity contribution in [2.24, 2.45) is 0 Å². The van der Waals surface area contributed by atoms with Gasteiger partial charge in [-0.15, -0.1) is 0 Å². The number of hydrogen-bond acceptors (Lipinski definition) is 6. The van der Waals surface area contributed by atoms with Gasteiger partial charge in [0.25, 0.3) is 5.91 Å².